The maximum absolute atomic E-state index is 13.0. The summed E-state index contributed by atoms with van der Waals surface area (Å²) in [6, 6.07) is 27.5. The minimum absolute atomic E-state index is 0.0949. The number of pyridine rings is 1. The van der Waals surface area contributed by atoms with E-state index in [0.29, 0.717) is 18.5 Å². The zero-order chi connectivity index (χ0) is 25.5. The number of hydrogen-bond donors (Lipinski definition) is 2. The standard InChI is InChI=1S/C30H26N4O2S/c1-36-28-11-4-2-8-21(28)17-19-32-30(35)25-10-3-5-12-29(25)37-23-14-15-24-26(33-34-27(24)20-23)16-13-22-9-6-7-18-31-22/h2-16,18,20H,17,19H2,1H3,(H,32,35)(H,33,34)/b16-13+. The van der Waals surface area contributed by atoms with Crippen LogP contribution in [0.5, 0.6) is 5.75 Å². The van der Waals surface area contributed by atoms with Gasteiger partial charge < -0.3 is 10.1 Å². The molecule has 2 aromatic heterocycles. The largest absolute Gasteiger partial charge is 0.496 e. The van der Waals surface area contributed by atoms with Gasteiger partial charge in [0, 0.05) is 27.9 Å². The fourth-order valence-electron chi connectivity index (χ4n) is 4.03. The number of carbonyl (C=O) groups excluding carboxylic acids is 1. The number of hydrogen-bond acceptors (Lipinski definition) is 5. The molecule has 7 heteroatoms. The first kappa shape index (κ1) is 24.3. The zero-order valence-electron chi connectivity index (χ0n) is 20.3. The van der Waals surface area contributed by atoms with Crippen LogP contribution in [0, 0.1) is 0 Å². The summed E-state index contributed by atoms with van der Waals surface area (Å²) >= 11 is 1.56. The summed E-state index contributed by atoms with van der Waals surface area (Å²) in [6.45, 7) is 0.521. The highest BCUT2D eigenvalue weighted by atomic mass is 32.2. The zero-order valence-corrected chi connectivity index (χ0v) is 21.2. The molecule has 0 saturated carbocycles. The van der Waals surface area contributed by atoms with E-state index in [-0.39, 0.29) is 5.91 Å². The SMILES string of the molecule is COc1ccccc1CCNC(=O)c1ccccc1Sc1ccc2c(/C=C/c3ccccn3)n[nH]c2c1. The second-order valence-corrected chi connectivity index (χ2v) is 9.44. The second-order valence-electron chi connectivity index (χ2n) is 8.32. The molecule has 0 unspecified atom stereocenters. The molecular formula is C30H26N4O2S. The van der Waals surface area contributed by atoms with Gasteiger partial charge in [-0.2, -0.15) is 5.10 Å². The van der Waals surface area contributed by atoms with E-state index in [1.165, 1.54) is 0 Å². The second kappa shape index (κ2) is 11.6. The topological polar surface area (TPSA) is 79.9 Å². The van der Waals surface area contributed by atoms with E-state index in [1.54, 1.807) is 25.1 Å². The van der Waals surface area contributed by atoms with Gasteiger partial charge in [0.2, 0.25) is 0 Å². The molecule has 184 valence electrons. The van der Waals surface area contributed by atoms with E-state index < -0.39 is 0 Å². The van der Waals surface area contributed by atoms with Crippen molar-refractivity contribution in [1.29, 1.82) is 0 Å². The lowest BCUT2D eigenvalue weighted by Gasteiger charge is -2.11. The molecule has 1 amide bonds. The predicted molar refractivity (Wildman–Crippen MR) is 149 cm³/mol. The molecule has 0 atom stereocenters. The van der Waals surface area contributed by atoms with Crippen molar-refractivity contribution < 1.29 is 9.53 Å². The maximum atomic E-state index is 13.0. The number of aromatic nitrogens is 3. The summed E-state index contributed by atoms with van der Waals surface area (Å²) in [6.07, 6.45) is 6.36. The van der Waals surface area contributed by atoms with E-state index in [4.69, 9.17) is 4.74 Å². The van der Waals surface area contributed by atoms with Crippen LogP contribution < -0.4 is 10.1 Å². The first-order valence-electron chi connectivity index (χ1n) is 12.0. The number of carbonyl (C=O) groups is 1. The molecule has 5 rings (SSSR count). The third kappa shape index (κ3) is 5.90. The van der Waals surface area contributed by atoms with Crippen molar-refractivity contribution in [3.8, 4) is 5.75 Å². The van der Waals surface area contributed by atoms with E-state index in [2.05, 4.69) is 38.7 Å². The Labute approximate surface area is 219 Å². The van der Waals surface area contributed by atoms with Crippen LogP contribution in [0.1, 0.15) is 27.3 Å². The first-order chi connectivity index (χ1) is 18.2. The molecule has 0 fully saturated rings. The molecule has 3 aromatic carbocycles. The monoisotopic (exact) mass is 506 g/mol. The number of H-pyrrole nitrogens is 1. The number of methoxy groups -OCH3 is 1. The van der Waals surface area contributed by atoms with Crippen LogP contribution in [-0.4, -0.2) is 34.7 Å². The van der Waals surface area contributed by atoms with Crippen molar-refractivity contribution >= 4 is 40.7 Å². The molecule has 0 aliphatic rings. The molecule has 0 aliphatic heterocycles. The summed E-state index contributed by atoms with van der Waals surface area (Å²) in [7, 11) is 1.66. The molecule has 0 radical (unpaired) electrons. The highest BCUT2D eigenvalue weighted by molar-refractivity contribution is 7.99. The van der Waals surface area contributed by atoms with Crippen LogP contribution >= 0.6 is 11.8 Å². The number of aromatic amines is 1. The normalized spacial score (nSPS) is 11.2. The van der Waals surface area contributed by atoms with E-state index >= 15 is 0 Å². The van der Waals surface area contributed by atoms with Crippen molar-refractivity contribution in [2.45, 2.75) is 16.2 Å². The van der Waals surface area contributed by atoms with Crippen molar-refractivity contribution in [3.05, 3.63) is 114 Å². The van der Waals surface area contributed by atoms with Crippen LogP contribution in [0.3, 0.4) is 0 Å². The van der Waals surface area contributed by atoms with E-state index in [0.717, 1.165) is 43.4 Å². The number of ether oxygens (including phenoxy) is 1. The fraction of sp³-hybridized carbons (Fsp3) is 0.100. The van der Waals surface area contributed by atoms with Crippen molar-refractivity contribution in [1.82, 2.24) is 20.5 Å². The summed E-state index contributed by atoms with van der Waals surface area (Å²) in [4.78, 5) is 19.3. The summed E-state index contributed by atoms with van der Waals surface area (Å²) in [5.41, 5.74) is 4.38. The van der Waals surface area contributed by atoms with Gasteiger partial charge >= 0.3 is 0 Å². The van der Waals surface area contributed by atoms with Gasteiger partial charge in [0.05, 0.1) is 29.6 Å². The van der Waals surface area contributed by atoms with Gasteiger partial charge in [0.15, 0.2) is 0 Å². The van der Waals surface area contributed by atoms with Gasteiger partial charge in [-0.25, -0.2) is 0 Å². The number of nitrogens with zero attached hydrogens (tertiary/aromatic N) is 2. The quantitative estimate of drug-likeness (QED) is 0.247. The van der Waals surface area contributed by atoms with Gasteiger partial charge in [-0.3, -0.25) is 14.9 Å². The Morgan fingerprint density at radius 1 is 1.00 bits per heavy atom. The smallest absolute Gasteiger partial charge is 0.252 e. The number of nitrogens with one attached hydrogen (secondary N) is 2. The van der Waals surface area contributed by atoms with E-state index in [1.807, 2.05) is 78.9 Å². The number of benzene rings is 3. The lowest BCUT2D eigenvalue weighted by atomic mass is 10.1. The van der Waals surface area contributed by atoms with Crippen molar-refractivity contribution in [2.75, 3.05) is 13.7 Å². The fourth-order valence-corrected chi connectivity index (χ4v) is 5.02. The molecule has 5 aromatic rings. The summed E-state index contributed by atoms with van der Waals surface area (Å²) in [5.74, 6) is 0.736. The molecule has 0 bridgehead atoms. The number of rotatable bonds is 9. The minimum Gasteiger partial charge on any atom is -0.496 e. The van der Waals surface area contributed by atoms with Crippen molar-refractivity contribution in [2.24, 2.45) is 0 Å². The summed E-state index contributed by atoms with van der Waals surface area (Å²) in [5, 5.41) is 11.6. The summed E-state index contributed by atoms with van der Waals surface area (Å²) < 4.78 is 5.41. The Bertz CT molecular complexity index is 1550. The van der Waals surface area contributed by atoms with Gasteiger partial charge in [-0.15, -0.1) is 0 Å². The molecular weight excluding hydrogens is 480 g/mol. The highest BCUT2D eigenvalue weighted by Gasteiger charge is 2.13. The molecule has 6 nitrogen and oxygen atoms in total. The van der Waals surface area contributed by atoms with Gasteiger partial charge in [-0.1, -0.05) is 48.2 Å². The van der Waals surface area contributed by atoms with Crippen molar-refractivity contribution in [3.63, 3.8) is 0 Å². The van der Waals surface area contributed by atoms with Crippen LogP contribution in [0.25, 0.3) is 23.1 Å². The first-order valence-corrected chi connectivity index (χ1v) is 12.8. The van der Waals surface area contributed by atoms with Gasteiger partial charge in [0.25, 0.3) is 5.91 Å². The lowest BCUT2D eigenvalue weighted by Crippen LogP contribution is -2.26. The van der Waals surface area contributed by atoms with Gasteiger partial charge in [0.1, 0.15) is 5.75 Å². The average Bonchev–Trinajstić information content (AvgIpc) is 3.35. The Hall–Kier alpha value is -4.36. The molecule has 0 aliphatic carbocycles. The number of amides is 1. The molecule has 37 heavy (non-hydrogen) atoms. The third-order valence-electron chi connectivity index (χ3n) is 5.90. The molecule has 0 saturated heterocycles. The average molecular weight is 507 g/mol. The van der Waals surface area contributed by atoms with Crippen LogP contribution in [0.2, 0.25) is 0 Å². The van der Waals surface area contributed by atoms with Crippen LogP contribution in [0.4, 0.5) is 0 Å². The maximum Gasteiger partial charge on any atom is 0.252 e. The minimum atomic E-state index is -0.0949. The molecule has 2 heterocycles. The van der Waals surface area contributed by atoms with Crippen LogP contribution in [-0.2, 0) is 6.42 Å². The number of fused-ring (bicyclic) bond motifs is 1. The van der Waals surface area contributed by atoms with Crippen LogP contribution in [0.15, 0.2) is 101 Å². The Morgan fingerprint density at radius 3 is 2.70 bits per heavy atom. The predicted octanol–water partition coefficient (Wildman–Crippen LogP) is 6.26. The Balaban J connectivity index is 1.27. The highest BCUT2D eigenvalue weighted by Crippen LogP contribution is 2.33. The molecule has 0 spiro atoms. The lowest BCUT2D eigenvalue weighted by molar-refractivity contribution is 0.0951. The number of para-hydroxylation sites is 1. The molecule has 2 N–H and O–H groups in total. The Kier molecular flexibility index (Phi) is 7.62. The van der Waals surface area contributed by atoms with E-state index in [9.17, 15) is 4.79 Å². The Morgan fingerprint density at radius 2 is 1.84 bits per heavy atom. The third-order valence-corrected chi connectivity index (χ3v) is 6.96. The van der Waals surface area contributed by atoms with Gasteiger partial charge in [-0.05, 0) is 72.7 Å².